The monoisotopic (exact) mass is 242 g/mol. The second-order valence-corrected chi connectivity index (χ2v) is 4.19. The Hall–Kier alpha value is -0.340. The minimum atomic E-state index is -0.328. The van der Waals surface area contributed by atoms with E-state index in [1.54, 1.807) is 0 Å². The summed E-state index contributed by atoms with van der Waals surface area (Å²) in [4.78, 5) is 0. The Balaban J connectivity index is 3.13. The molecule has 1 unspecified atom stereocenters. The molecule has 13 heavy (non-hydrogen) atoms. The van der Waals surface area contributed by atoms with Crippen molar-refractivity contribution in [1.29, 1.82) is 0 Å². The van der Waals surface area contributed by atoms with Crippen LogP contribution in [0.4, 0.5) is 0 Å². The number of aliphatic hydroxyl groups excluding tert-OH is 1. The van der Waals surface area contributed by atoms with Crippen molar-refractivity contribution >= 4 is 15.9 Å². The molecule has 0 spiro atoms. The van der Waals surface area contributed by atoms with E-state index >= 15 is 0 Å². The van der Waals surface area contributed by atoms with Gasteiger partial charge in [-0.2, -0.15) is 0 Å². The van der Waals surface area contributed by atoms with Crippen LogP contribution in [0.15, 0.2) is 16.6 Å². The van der Waals surface area contributed by atoms with Gasteiger partial charge in [0.15, 0.2) is 0 Å². The summed E-state index contributed by atoms with van der Waals surface area (Å²) in [5.74, 6) is 0. The van der Waals surface area contributed by atoms with E-state index in [1.807, 2.05) is 32.9 Å². The number of hydrogen-bond donors (Lipinski definition) is 1. The Kier molecular flexibility index (Phi) is 3.51. The summed E-state index contributed by atoms with van der Waals surface area (Å²) >= 11 is 3.50. The van der Waals surface area contributed by atoms with Crippen molar-refractivity contribution in [1.82, 2.24) is 0 Å². The van der Waals surface area contributed by atoms with Gasteiger partial charge >= 0.3 is 0 Å². The molecule has 0 aliphatic heterocycles. The minimum Gasteiger partial charge on any atom is -0.388 e. The lowest BCUT2D eigenvalue weighted by Gasteiger charge is -2.11. The summed E-state index contributed by atoms with van der Waals surface area (Å²) in [5.41, 5.74) is 3.38. The molecule has 0 amide bonds. The Morgan fingerprint density at radius 1 is 1.31 bits per heavy atom. The highest BCUT2D eigenvalue weighted by Crippen LogP contribution is 2.26. The number of rotatable bonds is 2. The van der Waals surface area contributed by atoms with Gasteiger partial charge in [-0.15, -0.1) is 0 Å². The maximum Gasteiger partial charge on any atom is 0.0787 e. The highest BCUT2D eigenvalue weighted by atomic mass is 79.9. The smallest absolute Gasteiger partial charge is 0.0787 e. The highest BCUT2D eigenvalue weighted by molar-refractivity contribution is 9.10. The number of hydrogen-bond acceptors (Lipinski definition) is 1. The lowest BCUT2D eigenvalue weighted by Crippen LogP contribution is -1.97. The largest absolute Gasteiger partial charge is 0.388 e. The van der Waals surface area contributed by atoms with E-state index in [4.69, 9.17) is 0 Å². The molecule has 1 aromatic carbocycles. The topological polar surface area (TPSA) is 20.2 Å². The Labute approximate surface area is 87.9 Å². The van der Waals surface area contributed by atoms with Crippen molar-refractivity contribution in [2.24, 2.45) is 0 Å². The van der Waals surface area contributed by atoms with Crippen LogP contribution in [-0.4, -0.2) is 5.11 Å². The van der Waals surface area contributed by atoms with Crippen molar-refractivity contribution < 1.29 is 5.11 Å². The zero-order chi connectivity index (χ0) is 10.0. The van der Waals surface area contributed by atoms with E-state index < -0.39 is 0 Å². The summed E-state index contributed by atoms with van der Waals surface area (Å²) in [6.45, 7) is 6.07. The van der Waals surface area contributed by atoms with Crippen molar-refractivity contribution in [3.8, 4) is 0 Å². The number of halogens is 1. The Morgan fingerprint density at radius 2 is 1.77 bits per heavy atom. The summed E-state index contributed by atoms with van der Waals surface area (Å²) < 4.78 is 1.14. The summed E-state index contributed by atoms with van der Waals surface area (Å²) in [7, 11) is 0. The second-order valence-electron chi connectivity index (χ2n) is 3.39. The molecule has 72 valence electrons. The van der Waals surface area contributed by atoms with Gasteiger partial charge in [-0.3, -0.25) is 0 Å². The van der Waals surface area contributed by atoms with Gasteiger partial charge in [0.2, 0.25) is 0 Å². The van der Waals surface area contributed by atoms with Gasteiger partial charge in [0.05, 0.1) is 6.10 Å². The molecule has 1 nitrogen and oxygen atoms in total. The van der Waals surface area contributed by atoms with Crippen molar-refractivity contribution in [3.63, 3.8) is 0 Å². The molecular weight excluding hydrogens is 228 g/mol. The summed E-state index contributed by atoms with van der Waals surface area (Å²) in [6.07, 6.45) is 0.436. The number of aliphatic hydroxyl groups is 1. The van der Waals surface area contributed by atoms with Gasteiger partial charge in [-0.1, -0.05) is 35.0 Å². The standard InChI is InChI=1S/C11H15BrO/c1-4-10(13)9-5-7(2)11(12)8(3)6-9/h5-6,10,13H,4H2,1-3H3. The van der Waals surface area contributed by atoms with E-state index in [1.165, 1.54) is 11.1 Å². The van der Waals surface area contributed by atoms with E-state index in [2.05, 4.69) is 15.9 Å². The van der Waals surface area contributed by atoms with E-state index in [0.717, 1.165) is 16.5 Å². The molecule has 0 heterocycles. The van der Waals surface area contributed by atoms with Gasteiger partial charge in [0.25, 0.3) is 0 Å². The predicted octanol–water partition coefficient (Wildman–Crippen LogP) is 3.51. The normalized spacial score (nSPS) is 13.0. The van der Waals surface area contributed by atoms with Crippen LogP contribution in [0.25, 0.3) is 0 Å². The molecule has 0 aliphatic carbocycles. The molecule has 0 saturated heterocycles. The fourth-order valence-corrected chi connectivity index (χ4v) is 1.64. The quantitative estimate of drug-likeness (QED) is 0.842. The third-order valence-electron chi connectivity index (χ3n) is 2.23. The van der Waals surface area contributed by atoms with E-state index in [9.17, 15) is 5.11 Å². The maximum atomic E-state index is 9.65. The molecule has 0 aromatic heterocycles. The Morgan fingerprint density at radius 3 is 2.15 bits per heavy atom. The third-order valence-corrected chi connectivity index (χ3v) is 3.48. The first-order valence-corrected chi connectivity index (χ1v) is 5.30. The summed E-state index contributed by atoms with van der Waals surface area (Å²) in [5, 5.41) is 9.65. The van der Waals surface area contributed by atoms with Crippen molar-refractivity contribution in [2.45, 2.75) is 33.3 Å². The van der Waals surface area contributed by atoms with Crippen LogP contribution in [0.5, 0.6) is 0 Å². The molecule has 0 radical (unpaired) electrons. The SMILES string of the molecule is CCC(O)c1cc(C)c(Br)c(C)c1. The van der Waals surface area contributed by atoms with Crippen LogP contribution in [0.3, 0.4) is 0 Å². The van der Waals surface area contributed by atoms with Gasteiger partial charge < -0.3 is 5.11 Å². The van der Waals surface area contributed by atoms with Gasteiger partial charge in [-0.25, -0.2) is 0 Å². The molecule has 0 fully saturated rings. The van der Waals surface area contributed by atoms with Crippen LogP contribution in [0, 0.1) is 13.8 Å². The third kappa shape index (κ3) is 2.32. The van der Waals surface area contributed by atoms with Gasteiger partial charge in [-0.05, 0) is 37.0 Å². The van der Waals surface area contributed by atoms with Crippen LogP contribution in [-0.2, 0) is 0 Å². The highest BCUT2D eigenvalue weighted by Gasteiger charge is 2.08. The average Bonchev–Trinajstić information content (AvgIpc) is 2.12. The lowest BCUT2D eigenvalue weighted by molar-refractivity contribution is 0.173. The first-order valence-electron chi connectivity index (χ1n) is 4.51. The molecule has 0 bridgehead atoms. The fourth-order valence-electron chi connectivity index (χ4n) is 1.41. The molecule has 1 N–H and O–H groups in total. The minimum absolute atomic E-state index is 0.328. The Bertz CT molecular complexity index is 284. The second kappa shape index (κ2) is 4.25. The first kappa shape index (κ1) is 10.7. The van der Waals surface area contributed by atoms with Crippen LogP contribution < -0.4 is 0 Å². The average molecular weight is 243 g/mol. The predicted molar refractivity (Wildman–Crippen MR) is 58.9 cm³/mol. The van der Waals surface area contributed by atoms with E-state index in [0.29, 0.717) is 0 Å². The number of benzene rings is 1. The maximum absolute atomic E-state index is 9.65. The fraction of sp³-hybridized carbons (Fsp3) is 0.455. The zero-order valence-corrected chi connectivity index (χ0v) is 9.85. The molecule has 0 saturated carbocycles. The van der Waals surface area contributed by atoms with Crippen LogP contribution >= 0.6 is 15.9 Å². The molecule has 1 aromatic rings. The zero-order valence-electron chi connectivity index (χ0n) is 8.26. The molecule has 2 heteroatoms. The number of aryl methyl sites for hydroxylation is 2. The molecule has 1 atom stereocenters. The molecule has 1 rings (SSSR count). The van der Waals surface area contributed by atoms with Crippen LogP contribution in [0.1, 0.15) is 36.1 Å². The molecular formula is C11H15BrO. The first-order chi connectivity index (χ1) is 6.06. The van der Waals surface area contributed by atoms with E-state index in [-0.39, 0.29) is 6.10 Å². The van der Waals surface area contributed by atoms with Crippen molar-refractivity contribution in [3.05, 3.63) is 33.3 Å². The molecule has 0 aliphatic rings. The lowest BCUT2D eigenvalue weighted by atomic mass is 10.0. The van der Waals surface area contributed by atoms with Gasteiger partial charge in [0, 0.05) is 4.47 Å². The van der Waals surface area contributed by atoms with Crippen molar-refractivity contribution in [2.75, 3.05) is 0 Å². The van der Waals surface area contributed by atoms with Gasteiger partial charge in [0.1, 0.15) is 0 Å². The van der Waals surface area contributed by atoms with Crippen LogP contribution in [0.2, 0.25) is 0 Å². The summed E-state index contributed by atoms with van der Waals surface area (Å²) in [6, 6.07) is 4.07.